The summed E-state index contributed by atoms with van der Waals surface area (Å²) in [5.41, 5.74) is 0.726. The van der Waals surface area contributed by atoms with Crippen molar-refractivity contribution < 1.29 is 28.7 Å². The zero-order valence-electron chi connectivity index (χ0n) is 10.3. The van der Waals surface area contributed by atoms with Crippen molar-refractivity contribution >= 4 is 23.7 Å². The summed E-state index contributed by atoms with van der Waals surface area (Å²) in [6.07, 6.45) is 2.14. The predicted octanol–water partition coefficient (Wildman–Crippen LogP) is 0.0105. The minimum Gasteiger partial charge on any atom is -0.459 e. The first-order valence-corrected chi connectivity index (χ1v) is 6.14. The van der Waals surface area contributed by atoms with E-state index in [1.54, 1.807) is 13.0 Å². The number of hydrogen-bond acceptors (Lipinski definition) is 6. The van der Waals surface area contributed by atoms with Crippen LogP contribution in [0.4, 0.5) is 0 Å². The van der Waals surface area contributed by atoms with Gasteiger partial charge in [0.25, 0.3) is 0 Å². The number of ether oxygens (including phenoxy) is 2. The highest BCUT2D eigenvalue weighted by molar-refractivity contribution is 6.36. The number of rotatable bonds is 1. The molecule has 0 saturated carbocycles. The molecule has 0 aromatic rings. The average molecular weight is 264 g/mol. The number of esters is 3. The van der Waals surface area contributed by atoms with E-state index in [-0.39, 0.29) is 12.5 Å². The SMILES string of the molecule is CC1=CC(C2COC(=O)C2=O)CC2C(=O)OC(=O)C12. The summed E-state index contributed by atoms with van der Waals surface area (Å²) in [7, 11) is 0. The van der Waals surface area contributed by atoms with Crippen LogP contribution in [0, 0.1) is 23.7 Å². The van der Waals surface area contributed by atoms with Crippen LogP contribution in [0.15, 0.2) is 11.6 Å². The first-order chi connectivity index (χ1) is 8.99. The minimum absolute atomic E-state index is 0.0481. The molecule has 0 aromatic heterocycles. The van der Waals surface area contributed by atoms with Gasteiger partial charge >= 0.3 is 17.9 Å². The molecule has 2 heterocycles. The molecule has 0 bridgehead atoms. The molecule has 6 nitrogen and oxygen atoms in total. The first kappa shape index (κ1) is 12.1. The highest BCUT2D eigenvalue weighted by atomic mass is 16.6. The number of cyclic esters (lactones) is 3. The van der Waals surface area contributed by atoms with Gasteiger partial charge in [0, 0.05) is 0 Å². The molecule has 2 saturated heterocycles. The lowest BCUT2D eigenvalue weighted by Crippen LogP contribution is -2.32. The number of Topliss-reactive ketones (excluding diaryl/α,β-unsaturated/α-hetero) is 1. The fourth-order valence-electron chi connectivity index (χ4n) is 3.14. The maximum absolute atomic E-state index is 11.7. The van der Waals surface area contributed by atoms with Gasteiger partial charge in [-0.15, -0.1) is 0 Å². The van der Waals surface area contributed by atoms with E-state index in [4.69, 9.17) is 4.74 Å². The van der Waals surface area contributed by atoms with E-state index in [0.717, 1.165) is 5.57 Å². The first-order valence-electron chi connectivity index (χ1n) is 6.14. The fourth-order valence-corrected chi connectivity index (χ4v) is 3.14. The zero-order valence-corrected chi connectivity index (χ0v) is 10.3. The highest BCUT2D eigenvalue weighted by Crippen LogP contribution is 2.42. The summed E-state index contributed by atoms with van der Waals surface area (Å²) in [5.74, 6) is -4.29. The van der Waals surface area contributed by atoms with Gasteiger partial charge in [-0.05, 0) is 19.3 Å². The van der Waals surface area contributed by atoms with Gasteiger partial charge in [0.1, 0.15) is 6.61 Å². The number of carbonyl (C=O) groups excluding carboxylic acids is 4. The smallest absolute Gasteiger partial charge is 0.375 e. The molecule has 3 rings (SSSR count). The second-order valence-electron chi connectivity index (χ2n) is 5.20. The van der Waals surface area contributed by atoms with Crippen LogP contribution in [0.1, 0.15) is 13.3 Å². The molecule has 0 spiro atoms. The third kappa shape index (κ3) is 1.70. The van der Waals surface area contributed by atoms with E-state index < -0.39 is 41.4 Å². The number of fused-ring (bicyclic) bond motifs is 1. The molecule has 6 heteroatoms. The van der Waals surface area contributed by atoms with Crippen molar-refractivity contribution in [2.75, 3.05) is 6.61 Å². The van der Waals surface area contributed by atoms with Crippen LogP contribution in [0.3, 0.4) is 0 Å². The van der Waals surface area contributed by atoms with Crippen molar-refractivity contribution in [1.29, 1.82) is 0 Å². The van der Waals surface area contributed by atoms with E-state index in [0.29, 0.717) is 6.42 Å². The molecule has 4 unspecified atom stereocenters. The van der Waals surface area contributed by atoms with Crippen molar-refractivity contribution in [2.24, 2.45) is 23.7 Å². The maximum atomic E-state index is 11.7. The Morgan fingerprint density at radius 3 is 2.47 bits per heavy atom. The fraction of sp³-hybridized carbons (Fsp3) is 0.538. The number of ketones is 1. The quantitative estimate of drug-likeness (QED) is 0.287. The Kier molecular flexibility index (Phi) is 2.55. The van der Waals surface area contributed by atoms with Crippen molar-refractivity contribution in [1.82, 2.24) is 0 Å². The van der Waals surface area contributed by atoms with Gasteiger partial charge in [0.2, 0.25) is 5.78 Å². The monoisotopic (exact) mass is 264 g/mol. The molecule has 3 aliphatic rings. The van der Waals surface area contributed by atoms with Crippen LogP contribution in [0.5, 0.6) is 0 Å². The van der Waals surface area contributed by atoms with Gasteiger partial charge in [0.15, 0.2) is 0 Å². The topological polar surface area (TPSA) is 86.7 Å². The molecule has 0 N–H and O–H groups in total. The summed E-state index contributed by atoms with van der Waals surface area (Å²) >= 11 is 0. The van der Waals surface area contributed by atoms with Gasteiger partial charge in [0.05, 0.1) is 17.8 Å². The Morgan fingerprint density at radius 2 is 1.84 bits per heavy atom. The standard InChI is InChI=1S/C13H12O6/c1-5-2-6(8-4-18-13(17)10(8)14)3-7-9(5)12(16)19-11(7)15/h2,6-9H,3-4H2,1H3. The highest BCUT2D eigenvalue weighted by Gasteiger charge is 2.51. The van der Waals surface area contributed by atoms with Gasteiger partial charge in [-0.2, -0.15) is 0 Å². The largest absolute Gasteiger partial charge is 0.459 e. The minimum atomic E-state index is -0.816. The summed E-state index contributed by atoms with van der Waals surface area (Å²) < 4.78 is 9.36. The predicted molar refractivity (Wildman–Crippen MR) is 59.4 cm³/mol. The normalized spacial score (nSPS) is 37.8. The van der Waals surface area contributed by atoms with Crippen molar-refractivity contribution in [3.8, 4) is 0 Å². The Bertz CT molecular complexity index is 531. The van der Waals surface area contributed by atoms with Crippen LogP contribution in [0.25, 0.3) is 0 Å². The van der Waals surface area contributed by atoms with Gasteiger partial charge in [-0.3, -0.25) is 14.4 Å². The zero-order chi connectivity index (χ0) is 13.7. The summed E-state index contributed by atoms with van der Waals surface area (Å²) in [6.45, 7) is 1.79. The lowest BCUT2D eigenvalue weighted by atomic mass is 9.71. The molecule has 0 aromatic carbocycles. The van der Waals surface area contributed by atoms with Crippen LogP contribution in [-0.2, 0) is 28.7 Å². The summed E-state index contributed by atoms with van der Waals surface area (Å²) in [5, 5.41) is 0. The molecular weight excluding hydrogens is 252 g/mol. The van der Waals surface area contributed by atoms with E-state index in [9.17, 15) is 19.2 Å². The lowest BCUT2D eigenvalue weighted by molar-refractivity contribution is -0.153. The number of allylic oxidation sites excluding steroid dienone is 1. The van der Waals surface area contributed by atoms with E-state index >= 15 is 0 Å². The van der Waals surface area contributed by atoms with Crippen LogP contribution < -0.4 is 0 Å². The Balaban J connectivity index is 1.89. The molecule has 1 aliphatic carbocycles. The Labute approximate surface area is 108 Å². The molecule has 2 aliphatic heterocycles. The van der Waals surface area contributed by atoms with Crippen molar-refractivity contribution in [3.05, 3.63) is 11.6 Å². The third-order valence-corrected chi connectivity index (χ3v) is 4.10. The van der Waals surface area contributed by atoms with E-state index in [1.165, 1.54) is 0 Å². The van der Waals surface area contributed by atoms with E-state index in [2.05, 4.69) is 4.74 Å². The second kappa shape index (κ2) is 4.01. The van der Waals surface area contributed by atoms with Crippen molar-refractivity contribution in [2.45, 2.75) is 13.3 Å². The Hall–Kier alpha value is -1.98. The van der Waals surface area contributed by atoms with Crippen molar-refractivity contribution in [3.63, 3.8) is 0 Å². The van der Waals surface area contributed by atoms with Crippen LogP contribution in [-0.4, -0.2) is 30.3 Å². The van der Waals surface area contributed by atoms with Gasteiger partial charge in [-0.1, -0.05) is 11.6 Å². The number of carbonyl (C=O) groups is 4. The molecular formula is C13H12O6. The number of hydrogen-bond donors (Lipinski definition) is 0. The molecule has 2 fully saturated rings. The second-order valence-corrected chi connectivity index (χ2v) is 5.20. The lowest BCUT2D eigenvalue weighted by Gasteiger charge is -2.28. The van der Waals surface area contributed by atoms with Crippen LogP contribution in [0.2, 0.25) is 0 Å². The Morgan fingerprint density at radius 1 is 1.11 bits per heavy atom. The molecule has 19 heavy (non-hydrogen) atoms. The van der Waals surface area contributed by atoms with E-state index in [1.807, 2.05) is 0 Å². The average Bonchev–Trinajstić information content (AvgIpc) is 2.82. The summed E-state index contributed by atoms with van der Waals surface area (Å²) in [4.78, 5) is 45.9. The van der Waals surface area contributed by atoms with Crippen LogP contribution >= 0.6 is 0 Å². The third-order valence-electron chi connectivity index (χ3n) is 4.10. The van der Waals surface area contributed by atoms with Gasteiger partial charge in [-0.25, -0.2) is 4.79 Å². The van der Waals surface area contributed by atoms with Gasteiger partial charge < -0.3 is 9.47 Å². The molecule has 100 valence electrons. The molecule has 4 atom stereocenters. The molecule has 0 amide bonds. The summed E-state index contributed by atoms with van der Waals surface area (Å²) in [6, 6.07) is 0. The maximum Gasteiger partial charge on any atom is 0.375 e. The molecule has 0 radical (unpaired) electrons.